The molecule has 10 heteroatoms. The van der Waals surface area contributed by atoms with Crippen LogP contribution in [0.2, 0.25) is 0 Å². The van der Waals surface area contributed by atoms with Crippen molar-refractivity contribution in [2.75, 3.05) is 11.3 Å². The van der Waals surface area contributed by atoms with Gasteiger partial charge in [-0.3, -0.25) is 4.68 Å². The Morgan fingerprint density at radius 1 is 1.03 bits per heavy atom. The van der Waals surface area contributed by atoms with E-state index in [0.29, 0.717) is 11.4 Å². The zero-order chi connectivity index (χ0) is 25.0. The Labute approximate surface area is 205 Å². The van der Waals surface area contributed by atoms with Crippen LogP contribution >= 0.6 is 0 Å². The molecule has 4 rings (SSSR count). The van der Waals surface area contributed by atoms with Crippen molar-refractivity contribution in [3.8, 4) is 22.9 Å². The van der Waals surface area contributed by atoms with E-state index in [1.165, 1.54) is 17.1 Å². The molecule has 4 aromatic rings. The first-order valence-electron chi connectivity index (χ1n) is 11.2. The van der Waals surface area contributed by atoms with E-state index in [2.05, 4.69) is 32.0 Å². The number of nitrogens with zero attached hydrogens (tertiary/aromatic N) is 4. The highest BCUT2D eigenvalue weighted by molar-refractivity contribution is 7.92. The van der Waals surface area contributed by atoms with Crippen LogP contribution in [0.5, 0.6) is 11.6 Å². The zero-order valence-electron chi connectivity index (χ0n) is 20.1. The van der Waals surface area contributed by atoms with Gasteiger partial charge in [-0.25, -0.2) is 18.1 Å². The molecule has 2 aromatic heterocycles. The molecule has 0 fully saturated rings. The third-order valence-electron chi connectivity index (χ3n) is 5.38. The van der Waals surface area contributed by atoms with Gasteiger partial charge in [0.2, 0.25) is 11.8 Å². The van der Waals surface area contributed by atoms with E-state index >= 15 is 0 Å². The molecular formula is C25H28N6O3S. The van der Waals surface area contributed by atoms with Crippen LogP contribution in [0.25, 0.3) is 11.3 Å². The number of ether oxygens (including phenoxy) is 1. The number of nitrogens with one attached hydrogen (secondary N) is 2. The summed E-state index contributed by atoms with van der Waals surface area (Å²) in [4.78, 5) is 8.87. The van der Waals surface area contributed by atoms with Crippen molar-refractivity contribution < 1.29 is 13.2 Å². The number of sulfonamides is 1. The SMILES string of the molecule is CCNCc1ccc(Oc2cc(-c3c(C)cccc3C)nc(NS(=O)(=O)c3cnn(C)c3)n2)cc1. The molecule has 0 radical (unpaired) electrons. The Balaban J connectivity index is 1.71. The van der Waals surface area contributed by atoms with Crippen molar-refractivity contribution >= 4 is 16.0 Å². The van der Waals surface area contributed by atoms with Crippen LogP contribution in [-0.4, -0.2) is 34.7 Å². The van der Waals surface area contributed by atoms with Gasteiger partial charge in [0.15, 0.2) is 0 Å². The number of aromatic nitrogens is 4. The molecule has 0 unspecified atom stereocenters. The average Bonchev–Trinajstić information content (AvgIpc) is 3.25. The number of anilines is 1. The van der Waals surface area contributed by atoms with Crippen LogP contribution in [-0.2, 0) is 23.6 Å². The fraction of sp³-hybridized carbons (Fsp3) is 0.240. The van der Waals surface area contributed by atoms with Gasteiger partial charge in [0.1, 0.15) is 10.6 Å². The summed E-state index contributed by atoms with van der Waals surface area (Å²) in [6, 6.07) is 15.3. The highest BCUT2D eigenvalue weighted by Crippen LogP contribution is 2.31. The summed E-state index contributed by atoms with van der Waals surface area (Å²) < 4.78 is 35.7. The summed E-state index contributed by atoms with van der Waals surface area (Å²) in [7, 11) is -2.29. The number of benzene rings is 2. The standard InChI is InChI=1S/C25H28N6O3S/c1-5-26-14-19-9-11-20(12-10-19)34-23-13-22(24-17(2)7-6-8-18(24)3)28-25(29-23)30-35(32,33)21-15-27-31(4)16-21/h6-13,15-16,26H,5,14H2,1-4H3,(H,28,29,30). The van der Waals surface area contributed by atoms with Crippen molar-refractivity contribution in [2.24, 2.45) is 7.05 Å². The molecule has 0 spiro atoms. The van der Waals surface area contributed by atoms with E-state index in [1.807, 2.05) is 56.3 Å². The van der Waals surface area contributed by atoms with Gasteiger partial charge in [-0.05, 0) is 49.2 Å². The van der Waals surface area contributed by atoms with Crippen LogP contribution in [0.1, 0.15) is 23.6 Å². The molecule has 2 N–H and O–H groups in total. The fourth-order valence-corrected chi connectivity index (χ4v) is 4.58. The fourth-order valence-electron chi connectivity index (χ4n) is 3.65. The Bertz CT molecular complexity index is 1410. The highest BCUT2D eigenvalue weighted by atomic mass is 32.2. The zero-order valence-corrected chi connectivity index (χ0v) is 20.9. The van der Waals surface area contributed by atoms with E-state index in [0.717, 1.165) is 35.3 Å². The first-order valence-corrected chi connectivity index (χ1v) is 12.7. The third-order valence-corrected chi connectivity index (χ3v) is 6.66. The van der Waals surface area contributed by atoms with Gasteiger partial charge in [-0.15, -0.1) is 0 Å². The van der Waals surface area contributed by atoms with Gasteiger partial charge < -0.3 is 10.1 Å². The molecule has 0 saturated heterocycles. The van der Waals surface area contributed by atoms with Gasteiger partial charge >= 0.3 is 0 Å². The Morgan fingerprint density at radius 3 is 2.37 bits per heavy atom. The van der Waals surface area contributed by atoms with Crippen LogP contribution in [0.3, 0.4) is 0 Å². The number of hydrogen-bond acceptors (Lipinski definition) is 7. The molecular weight excluding hydrogens is 464 g/mol. The summed E-state index contributed by atoms with van der Waals surface area (Å²) in [6.07, 6.45) is 2.67. The molecule has 0 bridgehead atoms. The Morgan fingerprint density at radius 2 is 1.74 bits per heavy atom. The second-order valence-corrected chi connectivity index (χ2v) is 9.85. The van der Waals surface area contributed by atoms with Crippen LogP contribution in [0.4, 0.5) is 5.95 Å². The minimum absolute atomic E-state index is 0.0137. The van der Waals surface area contributed by atoms with Crippen molar-refractivity contribution in [1.82, 2.24) is 25.1 Å². The topological polar surface area (TPSA) is 111 Å². The van der Waals surface area contributed by atoms with Crippen LogP contribution in [0.15, 0.2) is 65.8 Å². The molecule has 0 saturated carbocycles. The second-order valence-electron chi connectivity index (χ2n) is 8.16. The summed E-state index contributed by atoms with van der Waals surface area (Å²) >= 11 is 0. The van der Waals surface area contributed by atoms with Crippen molar-refractivity contribution in [3.63, 3.8) is 0 Å². The molecule has 0 aliphatic rings. The van der Waals surface area contributed by atoms with Crippen molar-refractivity contribution in [1.29, 1.82) is 0 Å². The molecule has 0 atom stereocenters. The maximum Gasteiger partial charge on any atom is 0.267 e. The van der Waals surface area contributed by atoms with Crippen LogP contribution < -0.4 is 14.8 Å². The molecule has 0 amide bonds. The lowest BCUT2D eigenvalue weighted by Gasteiger charge is -2.14. The van der Waals surface area contributed by atoms with E-state index in [-0.39, 0.29) is 16.7 Å². The maximum absolute atomic E-state index is 12.9. The van der Waals surface area contributed by atoms with Gasteiger partial charge in [-0.2, -0.15) is 10.1 Å². The van der Waals surface area contributed by atoms with E-state index in [1.54, 1.807) is 13.1 Å². The van der Waals surface area contributed by atoms with Crippen molar-refractivity contribution in [3.05, 3.63) is 77.6 Å². The summed E-state index contributed by atoms with van der Waals surface area (Å²) in [6.45, 7) is 7.67. The second kappa shape index (κ2) is 10.2. The predicted molar refractivity (Wildman–Crippen MR) is 135 cm³/mol. The summed E-state index contributed by atoms with van der Waals surface area (Å²) in [5, 5.41) is 7.22. The number of hydrogen-bond donors (Lipinski definition) is 2. The average molecular weight is 493 g/mol. The van der Waals surface area contributed by atoms with Crippen molar-refractivity contribution in [2.45, 2.75) is 32.2 Å². The molecule has 0 aliphatic heterocycles. The number of aryl methyl sites for hydroxylation is 3. The largest absolute Gasteiger partial charge is 0.439 e. The summed E-state index contributed by atoms with van der Waals surface area (Å²) in [5.41, 5.74) is 4.58. The summed E-state index contributed by atoms with van der Waals surface area (Å²) in [5.74, 6) is 0.714. The van der Waals surface area contributed by atoms with Gasteiger partial charge in [0.25, 0.3) is 10.0 Å². The molecule has 35 heavy (non-hydrogen) atoms. The predicted octanol–water partition coefficient (Wildman–Crippen LogP) is 4.20. The Hall–Kier alpha value is -3.76. The lowest BCUT2D eigenvalue weighted by molar-refractivity contribution is 0.462. The smallest absolute Gasteiger partial charge is 0.267 e. The molecule has 2 aromatic carbocycles. The Kier molecular flexibility index (Phi) is 7.13. The maximum atomic E-state index is 12.9. The lowest BCUT2D eigenvalue weighted by Crippen LogP contribution is -2.15. The molecule has 0 aliphatic carbocycles. The highest BCUT2D eigenvalue weighted by Gasteiger charge is 2.20. The first-order chi connectivity index (χ1) is 16.7. The van der Waals surface area contributed by atoms with Gasteiger partial charge in [-0.1, -0.05) is 37.3 Å². The quantitative estimate of drug-likeness (QED) is 0.360. The number of rotatable bonds is 9. The minimum Gasteiger partial charge on any atom is -0.439 e. The molecule has 2 heterocycles. The minimum atomic E-state index is -3.94. The van der Waals surface area contributed by atoms with Gasteiger partial charge in [0, 0.05) is 31.4 Å². The molecule has 182 valence electrons. The van der Waals surface area contributed by atoms with E-state index in [4.69, 9.17) is 4.74 Å². The third kappa shape index (κ3) is 5.84. The normalized spacial score (nSPS) is 11.4. The first kappa shape index (κ1) is 24.4. The van der Waals surface area contributed by atoms with E-state index < -0.39 is 10.0 Å². The van der Waals surface area contributed by atoms with Gasteiger partial charge in [0.05, 0.1) is 11.9 Å². The monoisotopic (exact) mass is 492 g/mol. The molecule has 9 nitrogen and oxygen atoms in total. The van der Waals surface area contributed by atoms with Crippen LogP contribution in [0, 0.1) is 13.8 Å². The van der Waals surface area contributed by atoms with E-state index in [9.17, 15) is 8.42 Å². The lowest BCUT2D eigenvalue weighted by atomic mass is 10.00.